The Morgan fingerprint density at radius 1 is 1.53 bits per heavy atom. The molecule has 0 saturated heterocycles. The van der Waals surface area contributed by atoms with Crippen molar-refractivity contribution in [3.05, 3.63) is 42.2 Å². The normalized spacial score (nSPS) is 11.9. The summed E-state index contributed by atoms with van der Waals surface area (Å²) in [5, 5.41) is 7.11. The topological polar surface area (TPSA) is 82.2 Å². The van der Waals surface area contributed by atoms with Crippen LogP contribution in [0, 0.1) is 0 Å². The molecule has 6 nitrogen and oxygen atoms in total. The molecule has 1 unspecified atom stereocenters. The lowest BCUT2D eigenvalue weighted by molar-refractivity contribution is -0.118. The highest BCUT2D eigenvalue weighted by Crippen LogP contribution is 2.22. The van der Waals surface area contributed by atoms with Crippen molar-refractivity contribution in [2.24, 2.45) is 12.8 Å². The van der Waals surface area contributed by atoms with Crippen LogP contribution in [0.1, 0.15) is 11.6 Å². The second kappa shape index (κ2) is 5.43. The van der Waals surface area contributed by atoms with Gasteiger partial charge in [0.15, 0.2) is 0 Å². The van der Waals surface area contributed by atoms with Gasteiger partial charge in [-0.2, -0.15) is 5.10 Å². The minimum absolute atomic E-state index is 0.462. The van der Waals surface area contributed by atoms with Gasteiger partial charge < -0.3 is 15.8 Å². The van der Waals surface area contributed by atoms with Crippen molar-refractivity contribution >= 4 is 11.6 Å². The molecule has 1 aromatic heterocycles. The number of hydrogen-bond donors (Lipinski definition) is 2. The number of anilines is 1. The van der Waals surface area contributed by atoms with Crippen molar-refractivity contribution in [1.82, 2.24) is 9.78 Å². The molecule has 3 N–H and O–H groups in total. The zero-order chi connectivity index (χ0) is 13.8. The quantitative estimate of drug-likeness (QED) is 0.842. The summed E-state index contributed by atoms with van der Waals surface area (Å²) >= 11 is 0. The van der Waals surface area contributed by atoms with Crippen molar-refractivity contribution in [3.63, 3.8) is 0 Å². The third-order valence-corrected chi connectivity index (χ3v) is 2.72. The van der Waals surface area contributed by atoms with Crippen LogP contribution in [0.4, 0.5) is 5.69 Å². The number of primary amides is 1. The summed E-state index contributed by atoms with van der Waals surface area (Å²) in [4.78, 5) is 11.6. The van der Waals surface area contributed by atoms with Gasteiger partial charge in [0, 0.05) is 30.6 Å². The van der Waals surface area contributed by atoms with Gasteiger partial charge in [-0.25, -0.2) is 0 Å². The fraction of sp³-hybridized carbons (Fsp3) is 0.231. The van der Waals surface area contributed by atoms with Gasteiger partial charge in [0.1, 0.15) is 11.8 Å². The zero-order valence-electron chi connectivity index (χ0n) is 10.8. The summed E-state index contributed by atoms with van der Waals surface area (Å²) in [6.07, 6.45) is 3.37. The molecule has 19 heavy (non-hydrogen) atoms. The number of nitrogens with two attached hydrogens (primary N) is 1. The fourth-order valence-corrected chi connectivity index (χ4v) is 1.79. The van der Waals surface area contributed by atoms with Gasteiger partial charge in [0.25, 0.3) is 0 Å². The maximum atomic E-state index is 11.6. The summed E-state index contributed by atoms with van der Waals surface area (Å²) in [5.74, 6) is 0.246. The lowest BCUT2D eigenvalue weighted by Crippen LogP contribution is -2.27. The number of aryl methyl sites for hydroxylation is 1. The molecular weight excluding hydrogens is 244 g/mol. The predicted octanol–water partition coefficient (Wildman–Crippen LogP) is 1.07. The Labute approximate surface area is 111 Å². The summed E-state index contributed by atoms with van der Waals surface area (Å²) < 4.78 is 6.76. The number of nitrogens with zero attached hydrogens (tertiary/aromatic N) is 2. The Balaban J connectivity index is 2.23. The molecule has 0 spiro atoms. The van der Waals surface area contributed by atoms with E-state index in [2.05, 4.69) is 10.4 Å². The molecule has 0 aliphatic rings. The first-order valence-electron chi connectivity index (χ1n) is 5.78. The molecule has 0 fully saturated rings. The first kappa shape index (κ1) is 12.9. The minimum Gasteiger partial charge on any atom is -0.497 e. The van der Waals surface area contributed by atoms with Crippen LogP contribution in [0.15, 0.2) is 36.7 Å². The summed E-state index contributed by atoms with van der Waals surface area (Å²) in [6.45, 7) is 0. The van der Waals surface area contributed by atoms with Crippen molar-refractivity contribution in [1.29, 1.82) is 0 Å². The van der Waals surface area contributed by atoms with Crippen LogP contribution >= 0.6 is 0 Å². The molecule has 100 valence electrons. The standard InChI is InChI=1S/C13H16N4O2/c1-17-8-9(7-15-17)12(13(14)18)16-10-4-3-5-11(6-10)19-2/h3-8,12,16H,1-2H3,(H2,14,18). The van der Waals surface area contributed by atoms with Crippen molar-refractivity contribution in [2.75, 3.05) is 12.4 Å². The maximum absolute atomic E-state index is 11.6. The van der Waals surface area contributed by atoms with Gasteiger partial charge >= 0.3 is 0 Å². The SMILES string of the molecule is COc1cccc(NC(C(N)=O)c2cnn(C)c2)c1. The molecule has 0 aliphatic heterocycles. The molecule has 2 aromatic rings. The molecule has 0 aliphatic carbocycles. The molecule has 2 rings (SSSR count). The Morgan fingerprint density at radius 3 is 2.89 bits per heavy atom. The van der Waals surface area contributed by atoms with Crippen molar-refractivity contribution in [2.45, 2.75) is 6.04 Å². The Morgan fingerprint density at radius 2 is 2.32 bits per heavy atom. The van der Waals surface area contributed by atoms with Crippen LogP contribution in [-0.2, 0) is 11.8 Å². The number of benzene rings is 1. The van der Waals surface area contributed by atoms with Crippen LogP contribution < -0.4 is 15.8 Å². The van der Waals surface area contributed by atoms with Crippen LogP contribution in [0.5, 0.6) is 5.75 Å². The van der Waals surface area contributed by atoms with Gasteiger partial charge in [0.05, 0.1) is 13.3 Å². The third-order valence-electron chi connectivity index (χ3n) is 2.72. The van der Waals surface area contributed by atoms with Gasteiger partial charge in [-0.15, -0.1) is 0 Å². The van der Waals surface area contributed by atoms with E-state index in [-0.39, 0.29) is 0 Å². The molecule has 0 radical (unpaired) electrons. The van der Waals surface area contributed by atoms with E-state index in [0.717, 1.165) is 11.3 Å². The van der Waals surface area contributed by atoms with E-state index < -0.39 is 11.9 Å². The first-order valence-corrected chi connectivity index (χ1v) is 5.78. The molecule has 1 atom stereocenters. The molecule has 1 amide bonds. The van der Waals surface area contributed by atoms with Crippen LogP contribution in [0.25, 0.3) is 0 Å². The second-order valence-corrected chi connectivity index (χ2v) is 4.16. The van der Waals surface area contributed by atoms with E-state index in [1.165, 1.54) is 0 Å². The average molecular weight is 260 g/mol. The monoisotopic (exact) mass is 260 g/mol. The van der Waals surface area contributed by atoms with Gasteiger partial charge in [0.2, 0.25) is 5.91 Å². The van der Waals surface area contributed by atoms with Crippen LogP contribution in [0.2, 0.25) is 0 Å². The lowest BCUT2D eigenvalue weighted by Gasteiger charge is -2.15. The molecule has 1 heterocycles. The van der Waals surface area contributed by atoms with E-state index in [0.29, 0.717) is 5.75 Å². The Kier molecular flexibility index (Phi) is 3.70. The van der Waals surface area contributed by atoms with Crippen molar-refractivity contribution in [3.8, 4) is 5.75 Å². The summed E-state index contributed by atoms with van der Waals surface area (Å²) in [5.41, 5.74) is 6.90. The largest absolute Gasteiger partial charge is 0.497 e. The first-order chi connectivity index (χ1) is 9.10. The average Bonchev–Trinajstić information content (AvgIpc) is 2.82. The van der Waals surface area contributed by atoms with Gasteiger partial charge in [-0.3, -0.25) is 9.48 Å². The molecule has 0 saturated carbocycles. The number of carbonyl (C=O) groups excluding carboxylic acids is 1. The smallest absolute Gasteiger partial charge is 0.244 e. The number of hydrogen-bond acceptors (Lipinski definition) is 4. The maximum Gasteiger partial charge on any atom is 0.244 e. The zero-order valence-corrected chi connectivity index (χ0v) is 10.8. The number of nitrogens with one attached hydrogen (secondary N) is 1. The highest BCUT2D eigenvalue weighted by molar-refractivity contribution is 5.84. The van der Waals surface area contributed by atoms with E-state index in [1.807, 2.05) is 18.2 Å². The lowest BCUT2D eigenvalue weighted by atomic mass is 10.1. The number of rotatable bonds is 5. The Bertz CT molecular complexity index is 580. The van der Waals surface area contributed by atoms with Gasteiger partial charge in [-0.1, -0.05) is 6.07 Å². The summed E-state index contributed by atoms with van der Waals surface area (Å²) in [7, 11) is 3.37. The number of methoxy groups -OCH3 is 1. The minimum atomic E-state index is -0.624. The number of ether oxygens (including phenoxy) is 1. The van der Waals surface area contributed by atoms with E-state index in [4.69, 9.17) is 10.5 Å². The number of amides is 1. The fourth-order valence-electron chi connectivity index (χ4n) is 1.79. The van der Waals surface area contributed by atoms with E-state index in [9.17, 15) is 4.79 Å². The molecular formula is C13H16N4O2. The highest BCUT2D eigenvalue weighted by Gasteiger charge is 2.19. The van der Waals surface area contributed by atoms with Gasteiger partial charge in [-0.05, 0) is 12.1 Å². The number of carbonyl (C=O) groups is 1. The molecule has 1 aromatic carbocycles. The highest BCUT2D eigenvalue weighted by atomic mass is 16.5. The van der Waals surface area contributed by atoms with E-state index >= 15 is 0 Å². The second-order valence-electron chi connectivity index (χ2n) is 4.16. The van der Waals surface area contributed by atoms with Crippen molar-refractivity contribution < 1.29 is 9.53 Å². The van der Waals surface area contributed by atoms with Crippen LogP contribution in [0.3, 0.4) is 0 Å². The number of aromatic nitrogens is 2. The predicted molar refractivity (Wildman–Crippen MR) is 71.8 cm³/mol. The molecule has 0 bridgehead atoms. The van der Waals surface area contributed by atoms with Crippen LogP contribution in [-0.4, -0.2) is 22.8 Å². The molecule has 6 heteroatoms. The third kappa shape index (κ3) is 3.04. The van der Waals surface area contributed by atoms with E-state index in [1.54, 1.807) is 37.3 Å². The summed E-state index contributed by atoms with van der Waals surface area (Å²) in [6, 6.07) is 6.68. The Hall–Kier alpha value is -2.50.